The van der Waals surface area contributed by atoms with Crippen LogP contribution >= 0.6 is 0 Å². The third-order valence-electron chi connectivity index (χ3n) is 6.00. The Bertz CT molecular complexity index is 1550. The predicted octanol–water partition coefficient (Wildman–Crippen LogP) is 4.52. The summed E-state index contributed by atoms with van der Waals surface area (Å²) in [4.78, 5) is 21.8. The van der Waals surface area contributed by atoms with Gasteiger partial charge in [0.05, 0.1) is 11.4 Å². The first kappa shape index (κ1) is 24.2. The molecule has 2 N–H and O–H groups in total. The van der Waals surface area contributed by atoms with Crippen molar-refractivity contribution in [3.05, 3.63) is 72.3 Å². The fourth-order valence-corrected chi connectivity index (χ4v) is 4.22. The highest BCUT2D eigenvalue weighted by Gasteiger charge is 2.30. The van der Waals surface area contributed by atoms with Crippen LogP contribution in [0.15, 0.2) is 43.2 Å². The van der Waals surface area contributed by atoms with Gasteiger partial charge in [-0.2, -0.15) is 13.9 Å². The van der Waals surface area contributed by atoms with E-state index in [1.807, 2.05) is 0 Å². The number of carbonyl (C=O) groups excluding carboxylic acids is 1. The maximum absolute atomic E-state index is 15.2. The Kier molecular flexibility index (Phi) is 5.97. The molecule has 0 bridgehead atoms. The van der Waals surface area contributed by atoms with E-state index in [0.717, 1.165) is 12.1 Å². The van der Waals surface area contributed by atoms with E-state index in [1.165, 1.54) is 18.5 Å². The Morgan fingerprint density at radius 1 is 1.08 bits per heavy atom. The predicted molar refractivity (Wildman–Crippen MR) is 122 cm³/mol. The van der Waals surface area contributed by atoms with Crippen LogP contribution in [-0.2, 0) is 4.79 Å². The van der Waals surface area contributed by atoms with Crippen LogP contribution in [0.5, 0.6) is 11.5 Å². The van der Waals surface area contributed by atoms with Crippen molar-refractivity contribution in [2.45, 2.75) is 12.5 Å². The maximum atomic E-state index is 15.2. The molecular weight excluding hydrogens is 499 g/mol. The van der Waals surface area contributed by atoms with Crippen molar-refractivity contribution in [2.75, 3.05) is 18.8 Å². The monoisotopic (exact) mass is 516 g/mol. The fourth-order valence-electron chi connectivity index (χ4n) is 4.22. The first-order chi connectivity index (χ1) is 17.7. The average molecular weight is 516 g/mol. The minimum atomic E-state index is -1.77. The zero-order chi connectivity index (χ0) is 26.4. The molecule has 1 atom stereocenters. The lowest BCUT2D eigenvalue weighted by Gasteiger charge is -2.14. The van der Waals surface area contributed by atoms with Gasteiger partial charge in [-0.05, 0) is 24.6 Å². The van der Waals surface area contributed by atoms with Crippen molar-refractivity contribution in [1.82, 2.24) is 24.6 Å². The summed E-state index contributed by atoms with van der Waals surface area (Å²) in [6.45, 7) is 4.27. The number of nitrogens with zero attached hydrogens (tertiary/aromatic N) is 5. The van der Waals surface area contributed by atoms with Gasteiger partial charge in [-0.1, -0.05) is 6.58 Å². The van der Waals surface area contributed by atoms with Gasteiger partial charge in [0.25, 0.3) is 0 Å². The summed E-state index contributed by atoms with van der Waals surface area (Å²) in [7, 11) is 0. The zero-order valence-electron chi connectivity index (χ0n) is 18.9. The van der Waals surface area contributed by atoms with Gasteiger partial charge in [-0.25, -0.2) is 27.8 Å². The Hall–Kier alpha value is -4.55. The largest absolute Gasteiger partial charge is 0.451 e. The normalized spacial score (nSPS) is 15.4. The highest BCUT2D eigenvalue weighted by molar-refractivity contribution is 5.98. The van der Waals surface area contributed by atoms with E-state index in [2.05, 4.69) is 21.6 Å². The number of fused-ring (bicyclic) bond motifs is 1. The minimum Gasteiger partial charge on any atom is -0.451 e. The molecule has 1 fully saturated rings. The van der Waals surface area contributed by atoms with Crippen LogP contribution in [0, 0.1) is 29.1 Å². The molecule has 1 saturated heterocycles. The molecule has 2 aromatic heterocycles. The van der Waals surface area contributed by atoms with Gasteiger partial charge in [0.2, 0.25) is 23.3 Å². The molecule has 0 unspecified atom stereocenters. The number of hydrogen-bond donors (Lipinski definition) is 1. The van der Waals surface area contributed by atoms with Gasteiger partial charge in [0.15, 0.2) is 17.3 Å². The summed E-state index contributed by atoms with van der Waals surface area (Å²) in [6, 6.07) is 2.88. The number of carbonyl (C=O) groups is 1. The summed E-state index contributed by atoms with van der Waals surface area (Å²) >= 11 is 0. The van der Waals surface area contributed by atoms with E-state index in [1.54, 1.807) is 9.58 Å². The van der Waals surface area contributed by atoms with Gasteiger partial charge in [0.1, 0.15) is 29.4 Å². The lowest BCUT2D eigenvalue weighted by molar-refractivity contribution is -0.125. The molecule has 1 aliphatic rings. The third-order valence-corrected chi connectivity index (χ3v) is 6.00. The second kappa shape index (κ2) is 9.15. The fraction of sp³-hybridized carbons (Fsp3) is 0.167. The number of benzene rings is 2. The first-order valence-corrected chi connectivity index (χ1v) is 10.9. The van der Waals surface area contributed by atoms with E-state index in [0.29, 0.717) is 25.2 Å². The number of anilines is 1. The Morgan fingerprint density at radius 3 is 2.49 bits per heavy atom. The van der Waals surface area contributed by atoms with Gasteiger partial charge < -0.3 is 15.4 Å². The van der Waals surface area contributed by atoms with E-state index in [4.69, 9.17) is 10.5 Å². The van der Waals surface area contributed by atoms with Crippen molar-refractivity contribution >= 4 is 22.8 Å². The molecule has 0 spiro atoms. The Morgan fingerprint density at radius 2 is 1.81 bits per heavy atom. The quantitative estimate of drug-likeness (QED) is 0.238. The molecule has 0 saturated carbocycles. The number of aromatic nitrogens is 4. The molecule has 0 aliphatic carbocycles. The topological polar surface area (TPSA) is 99.2 Å². The number of halogens is 5. The molecule has 0 radical (unpaired) electrons. The van der Waals surface area contributed by atoms with E-state index in [-0.39, 0.29) is 40.5 Å². The van der Waals surface area contributed by atoms with Crippen LogP contribution in [0.4, 0.5) is 27.8 Å². The number of rotatable bonds is 5. The molecule has 3 heterocycles. The standard InChI is InChI=1S/C24H17F5N6O2/c1-2-17(36)34-6-5-11(9-34)35-24-18(23(30)31-10-32-24)21(33-35)13-4-3-12(7-14(13)25)37-22-19(28)15(26)8-16(27)20(22)29/h2-4,7-8,10-11H,1,5-6,9H2,(H2,30,31,32)/t11-/m1/s1. The zero-order valence-corrected chi connectivity index (χ0v) is 18.9. The molecule has 1 aliphatic heterocycles. The summed E-state index contributed by atoms with van der Waals surface area (Å²) in [5.74, 6) is -9.78. The molecule has 2 aromatic carbocycles. The number of likely N-dealkylation sites (tertiary alicyclic amines) is 1. The average Bonchev–Trinajstić information content (AvgIpc) is 3.51. The van der Waals surface area contributed by atoms with Crippen molar-refractivity contribution in [3.8, 4) is 22.8 Å². The van der Waals surface area contributed by atoms with Crippen molar-refractivity contribution < 1.29 is 31.5 Å². The lowest BCUT2D eigenvalue weighted by atomic mass is 10.1. The molecular formula is C24H17F5N6O2. The number of nitrogens with two attached hydrogens (primary N) is 1. The van der Waals surface area contributed by atoms with E-state index >= 15 is 4.39 Å². The Balaban J connectivity index is 1.54. The summed E-state index contributed by atoms with van der Waals surface area (Å²) in [6.07, 6.45) is 3.00. The molecule has 13 heteroatoms. The molecule has 4 aromatic rings. The second-order valence-electron chi connectivity index (χ2n) is 8.22. The van der Waals surface area contributed by atoms with Crippen molar-refractivity contribution in [2.24, 2.45) is 0 Å². The van der Waals surface area contributed by atoms with Crippen molar-refractivity contribution in [1.29, 1.82) is 0 Å². The summed E-state index contributed by atoms with van der Waals surface area (Å²) in [5.41, 5.74) is 6.40. The van der Waals surface area contributed by atoms with Gasteiger partial charge in [-0.15, -0.1) is 0 Å². The smallest absolute Gasteiger partial charge is 0.246 e. The maximum Gasteiger partial charge on any atom is 0.246 e. The van der Waals surface area contributed by atoms with Crippen LogP contribution in [0.1, 0.15) is 12.5 Å². The summed E-state index contributed by atoms with van der Waals surface area (Å²) < 4.78 is 76.7. The van der Waals surface area contributed by atoms with Gasteiger partial charge >= 0.3 is 0 Å². The van der Waals surface area contributed by atoms with Crippen LogP contribution in [0.25, 0.3) is 22.3 Å². The molecule has 5 rings (SSSR count). The minimum absolute atomic E-state index is 0.0300. The van der Waals surface area contributed by atoms with Crippen molar-refractivity contribution in [3.63, 3.8) is 0 Å². The van der Waals surface area contributed by atoms with Crippen LogP contribution in [0.2, 0.25) is 0 Å². The molecule has 37 heavy (non-hydrogen) atoms. The van der Waals surface area contributed by atoms with Gasteiger partial charge in [-0.3, -0.25) is 4.79 Å². The number of hydrogen-bond acceptors (Lipinski definition) is 6. The van der Waals surface area contributed by atoms with E-state index < -0.39 is 40.6 Å². The Labute approximate surface area is 205 Å². The van der Waals surface area contributed by atoms with Crippen LogP contribution in [0.3, 0.4) is 0 Å². The molecule has 1 amide bonds. The first-order valence-electron chi connectivity index (χ1n) is 10.9. The number of ether oxygens (including phenoxy) is 1. The van der Waals surface area contributed by atoms with Crippen LogP contribution in [-0.4, -0.2) is 43.6 Å². The SMILES string of the molecule is C=CC(=O)N1CC[C@@H](n2nc(-c3ccc(Oc4c(F)c(F)cc(F)c4F)cc3F)c3c(N)ncnc32)C1. The van der Waals surface area contributed by atoms with E-state index in [9.17, 15) is 22.4 Å². The number of nitrogen functional groups attached to an aromatic ring is 1. The van der Waals surface area contributed by atoms with Gasteiger partial charge in [0, 0.05) is 30.8 Å². The summed E-state index contributed by atoms with van der Waals surface area (Å²) in [5, 5.41) is 4.78. The highest BCUT2D eigenvalue weighted by atomic mass is 19.2. The second-order valence-corrected chi connectivity index (χ2v) is 8.22. The molecule has 190 valence electrons. The highest BCUT2D eigenvalue weighted by Crippen LogP contribution is 2.37. The third kappa shape index (κ3) is 4.11. The number of amides is 1. The van der Waals surface area contributed by atoms with Crippen LogP contribution < -0.4 is 10.5 Å². The lowest BCUT2D eigenvalue weighted by Crippen LogP contribution is -2.27. The molecule has 8 nitrogen and oxygen atoms in total.